The number of hydrogen-bond donors (Lipinski definition) is 2. The van der Waals surface area contributed by atoms with Crippen molar-refractivity contribution in [3.05, 3.63) is 91.6 Å². The van der Waals surface area contributed by atoms with Gasteiger partial charge in [-0.05, 0) is 30.5 Å². The van der Waals surface area contributed by atoms with Gasteiger partial charge in [0.2, 0.25) is 11.7 Å². The monoisotopic (exact) mass is 721 g/mol. The Morgan fingerprint density at radius 1 is 1.12 bits per heavy atom. The maximum Gasteiger partial charge on any atom is 0.416 e. The molecule has 2 aliphatic heterocycles. The highest BCUT2D eigenvalue weighted by molar-refractivity contribution is 6.31. The number of fused-ring (bicyclic) bond motifs is 1. The van der Waals surface area contributed by atoms with E-state index in [2.05, 4.69) is 10.1 Å². The van der Waals surface area contributed by atoms with Gasteiger partial charge >= 0.3 is 6.18 Å². The van der Waals surface area contributed by atoms with Gasteiger partial charge in [0.1, 0.15) is 34.7 Å². The van der Waals surface area contributed by atoms with Crippen LogP contribution in [0.1, 0.15) is 52.4 Å². The Hall–Kier alpha value is -5.03. The Bertz CT molecular complexity index is 2080. The fourth-order valence-corrected chi connectivity index (χ4v) is 6.54. The molecule has 1 atom stereocenters. The first-order valence-corrected chi connectivity index (χ1v) is 15.8. The second kappa shape index (κ2) is 13.4. The van der Waals surface area contributed by atoms with E-state index in [1.54, 1.807) is 17.9 Å². The standard InChI is InChI=1S/C32H29ClF5N7O5/c1-2-22-26(42-7-9-43(10-8-42)29(48)24-21(35)14-18(34)15-23(24)46)30(49)45-31(40-28(41-45)16-5-11-50-12-6-16)44(22)25(27(39)47)19-4-3-17(13-20(19)33)32(36,37)38/h3-5,13-15,25,46H,2,6-12H2,1H3,(H2,39,47). The molecule has 1 unspecified atom stereocenters. The van der Waals surface area contributed by atoms with E-state index in [0.29, 0.717) is 36.8 Å². The van der Waals surface area contributed by atoms with Crippen LogP contribution in [0.15, 0.2) is 41.2 Å². The van der Waals surface area contributed by atoms with Crippen molar-refractivity contribution in [2.24, 2.45) is 5.73 Å². The number of carbonyl (C=O) groups excluding carboxylic acids is 2. The van der Waals surface area contributed by atoms with Gasteiger partial charge in [-0.2, -0.15) is 22.7 Å². The number of rotatable bonds is 7. The molecule has 3 N–H and O–H groups in total. The summed E-state index contributed by atoms with van der Waals surface area (Å²) in [6, 6.07) is 2.05. The molecule has 0 saturated carbocycles. The van der Waals surface area contributed by atoms with Crippen molar-refractivity contribution in [2.75, 3.05) is 44.3 Å². The van der Waals surface area contributed by atoms with Crippen molar-refractivity contribution in [2.45, 2.75) is 32.0 Å². The number of primary amides is 1. The summed E-state index contributed by atoms with van der Waals surface area (Å²) in [5, 5.41) is 14.1. The predicted octanol–water partition coefficient (Wildman–Crippen LogP) is 3.95. The molecular weight excluding hydrogens is 693 g/mol. The molecule has 0 radical (unpaired) electrons. The summed E-state index contributed by atoms with van der Waals surface area (Å²) < 4.78 is 76.3. The number of amides is 2. The number of alkyl halides is 3. The molecule has 6 rings (SSSR count). The molecule has 18 heteroatoms. The predicted molar refractivity (Wildman–Crippen MR) is 170 cm³/mol. The molecule has 1 saturated heterocycles. The molecule has 2 aromatic heterocycles. The minimum absolute atomic E-state index is 0.00931. The van der Waals surface area contributed by atoms with Gasteiger partial charge in [-0.25, -0.2) is 8.78 Å². The van der Waals surface area contributed by atoms with E-state index in [-0.39, 0.29) is 67.8 Å². The number of aromatic nitrogens is 4. The van der Waals surface area contributed by atoms with Crippen LogP contribution in [0, 0.1) is 11.6 Å². The van der Waals surface area contributed by atoms with Crippen LogP contribution in [0.2, 0.25) is 5.02 Å². The van der Waals surface area contributed by atoms with Crippen molar-refractivity contribution in [1.29, 1.82) is 0 Å². The highest BCUT2D eigenvalue weighted by atomic mass is 35.5. The number of nitrogens with zero attached hydrogens (tertiary/aromatic N) is 6. The first kappa shape index (κ1) is 34.8. The molecule has 1 fully saturated rings. The average molecular weight is 722 g/mol. The number of nitrogens with two attached hydrogens (primary N) is 1. The number of aromatic hydroxyl groups is 1. The quantitative estimate of drug-likeness (QED) is 0.273. The number of halogens is 6. The number of anilines is 1. The molecule has 2 aromatic carbocycles. The van der Waals surface area contributed by atoms with Crippen LogP contribution in [0.25, 0.3) is 11.4 Å². The Kier molecular flexibility index (Phi) is 9.30. The maximum absolute atomic E-state index is 14.5. The Morgan fingerprint density at radius 3 is 2.42 bits per heavy atom. The number of phenols is 1. The summed E-state index contributed by atoms with van der Waals surface area (Å²) in [5.41, 5.74) is 4.41. The minimum atomic E-state index is -4.72. The summed E-state index contributed by atoms with van der Waals surface area (Å²) in [5.74, 6) is -5.01. The lowest BCUT2D eigenvalue weighted by atomic mass is 10.0. The van der Waals surface area contributed by atoms with Crippen LogP contribution in [0.3, 0.4) is 0 Å². The minimum Gasteiger partial charge on any atom is -0.507 e. The van der Waals surface area contributed by atoms with Crippen LogP contribution >= 0.6 is 11.6 Å². The van der Waals surface area contributed by atoms with Gasteiger partial charge in [0.25, 0.3) is 11.5 Å². The van der Waals surface area contributed by atoms with Gasteiger partial charge in [-0.1, -0.05) is 30.7 Å². The van der Waals surface area contributed by atoms with Gasteiger partial charge in [-0.15, -0.1) is 5.10 Å². The van der Waals surface area contributed by atoms with E-state index in [1.807, 2.05) is 0 Å². The number of phenolic OH excluding ortho intramolecular Hbond substituents is 1. The second-order valence-corrected chi connectivity index (χ2v) is 12.0. The van der Waals surface area contributed by atoms with E-state index in [1.165, 1.54) is 9.47 Å². The fourth-order valence-electron chi connectivity index (χ4n) is 6.26. The summed E-state index contributed by atoms with van der Waals surface area (Å²) in [7, 11) is 0. The molecule has 0 aliphatic carbocycles. The van der Waals surface area contributed by atoms with Gasteiger partial charge < -0.3 is 25.4 Å². The number of hydrogen-bond acceptors (Lipinski definition) is 8. The maximum atomic E-state index is 14.5. The Labute approximate surface area is 285 Å². The van der Waals surface area contributed by atoms with E-state index >= 15 is 0 Å². The number of benzene rings is 2. The van der Waals surface area contributed by atoms with Crippen LogP contribution in [-0.2, 0) is 22.1 Å². The number of carbonyl (C=O) groups is 2. The second-order valence-electron chi connectivity index (χ2n) is 11.6. The molecule has 264 valence electrons. The molecule has 50 heavy (non-hydrogen) atoms. The van der Waals surface area contributed by atoms with Gasteiger partial charge in [-0.3, -0.25) is 19.0 Å². The molecule has 12 nitrogen and oxygen atoms in total. The summed E-state index contributed by atoms with van der Waals surface area (Å²) in [6.07, 6.45) is -2.47. The van der Waals surface area contributed by atoms with E-state index < -0.39 is 63.1 Å². The van der Waals surface area contributed by atoms with Crippen LogP contribution in [0.5, 0.6) is 5.75 Å². The zero-order chi connectivity index (χ0) is 36.1. The third kappa shape index (κ3) is 6.26. The summed E-state index contributed by atoms with van der Waals surface area (Å²) in [4.78, 5) is 48.2. The van der Waals surface area contributed by atoms with Crippen molar-refractivity contribution in [3.8, 4) is 5.75 Å². The molecule has 0 bridgehead atoms. The molecule has 2 amide bonds. The van der Waals surface area contributed by atoms with Crippen molar-refractivity contribution >= 4 is 40.5 Å². The van der Waals surface area contributed by atoms with E-state index in [4.69, 9.17) is 22.1 Å². The fraction of sp³-hybridized carbons (Fsp3) is 0.344. The van der Waals surface area contributed by atoms with Crippen LogP contribution in [0.4, 0.5) is 27.6 Å². The van der Waals surface area contributed by atoms with Crippen LogP contribution < -0.4 is 16.2 Å². The summed E-state index contributed by atoms with van der Waals surface area (Å²) >= 11 is 6.38. The average Bonchev–Trinajstić information content (AvgIpc) is 3.52. The normalized spacial score (nSPS) is 16.1. The molecule has 4 heterocycles. The lowest BCUT2D eigenvalue weighted by Crippen LogP contribution is -2.51. The Balaban J connectivity index is 1.48. The van der Waals surface area contributed by atoms with E-state index in [0.717, 1.165) is 16.6 Å². The molecule has 4 aromatic rings. The number of ether oxygens (including phenoxy) is 1. The third-order valence-electron chi connectivity index (χ3n) is 8.63. The molecular formula is C32H29ClF5N7O5. The van der Waals surface area contributed by atoms with Crippen molar-refractivity contribution < 1.29 is 41.4 Å². The lowest BCUT2D eigenvalue weighted by Gasteiger charge is -2.37. The van der Waals surface area contributed by atoms with Crippen molar-refractivity contribution in [1.82, 2.24) is 24.1 Å². The van der Waals surface area contributed by atoms with Gasteiger partial charge in [0, 0.05) is 48.9 Å². The molecule has 2 aliphatic rings. The van der Waals surface area contributed by atoms with Gasteiger partial charge in [0.15, 0.2) is 5.82 Å². The number of piperazine rings is 1. The highest BCUT2D eigenvalue weighted by Crippen LogP contribution is 2.37. The first-order chi connectivity index (χ1) is 23.7. The highest BCUT2D eigenvalue weighted by Gasteiger charge is 2.36. The SMILES string of the molecule is CCc1c(N2CCN(C(=O)c3c(O)cc(F)cc3F)CC2)c(=O)n2nc(C3=CCOCC3)nc2n1C(C(N)=O)c1ccc(C(F)(F)F)cc1Cl. The zero-order valence-corrected chi connectivity index (χ0v) is 27.1. The van der Waals surface area contributed by atoms with Crippen molar-refractivity contribution in [3.63, 3.8) is 0 Å². The van der Waals surface area contributed by atoms with Gasteiger partial charge in [0.05, 0.1) is 24.5 Å². The zero-order valence-electron chi connectivity index (χ0n) is 26.3. The summed E-state index contributed by atoms with van der Waals surface area (Å²) in [6.45, 7) is 2.23. The topological polar surface area (TPSA) is 148 Å². The third-order valence-corrected chi connectivity index (χ3v) is 8.96. The molecule has 0 spiro atoms. The van der Waals surface area contributed by atoms with E-state index in [9.17, 15) is 41.4 Å². The lowest BCUT2D eigenvalue weighted by molar-refractivity contribution is -0.137. The Morgan fingerprint density at radius 2 is 1.84 bits per heavy atom. The van der Waals surface area contributed by atoms with Crippen LogP contribution in [-0.4, -0.2) is 80.4 Å². The largest absolute Gasteiger partial charge is 0.507 e. The smallest absolute Gasteiger partial charge is 0.416 e. The first-order valence-electron chi connectivity index (χ1n) is 15.4.